The van der Waals surface area contributed by atoms with Gasteiger partial charge in [-0.25, -0.2) is 0 Å². The largest absolute Gasteiger partial charge is 0.490 e. The van der Waals surface area contributed by atoms with E-state index in [9.17, 15) is 0 Å². The standard InChI is InChI=1S/C14H22N2O2/c1-14(2,15)10-16-9-11-4-5-12-13(8-11)18-7-3-6-17-12/h4-5,8,16H,3,6-7,9-10,15H2,1-2H3. The molecule has 1 aromatic carbocycles. The molecule has 0 saturated heterocycles. The van der Waals surface area contributed by atoms with Gasteiger partial charge in [0.25, 0.3) is 0 Å². The molecule has 3 N–H and O–H groups in total. The summed E-state index contributed by atoms with van der Waals surface area (Å²) in [5.41, 5.74) is 6.92. The summed E-state index contributed by atoms with van der Waals surface area (Å²) in [4.78, 5) is 0. The predicted octanol–water partition coefficient (Wildman–Crippen LogP) is 1.67. The van der Waals surface area contributed by atoms with Crippen LogP contribution < -0.4 is 20.5 Å². The van der Waals surface area contributed by atoms with Gasteiger partial charge in [0.1, 0.15) is 0 Å². The van der Waals surface area contributed by atoms with Crippen LogP contribution in [0.4, 0.5) is 0 Å². The molecule has 0 atom stereocenters. The summed E-state index contributed by atoms with van der Waals surface area (Å²) in [6, 6.07) is 6.08. The summed E-state index contributed by atoms with van der Waals surface area (Å²) in [5, 5.41) is 3.34. The van der Waals surface area contributed by atoms with Gasteiger partial charge >= 0.3 is 0 Å². The molecular formula is C14H22N2O2. The fourth-order valence-corrected chi connectivity index (χ4v) is 1.85. The molecule has 1 aromatic rings. The van der Waals surface area contributed by atoms with Crippen molar-refractivity contribution in [3.05, 3.63) is 23.8 Å². The van der Waals surface area contributed by atoms with Crippen molar-refractivity contribution in [3.8, 4) is 11.5 Å². The van der Waals surface area contributed by atoms with Crippen molar-refractivity contribution in [1.82, 2.24) is 5.32 Å². The van der Waals surface area contributed by atoms with Crippen LogP contribution in [0.3, 0.4) is 0 Å². The number of hydrogen-bond donors (Lipinski definition) is 2. The molecule has 1 aliphatic heterocycles. The summed E-state index contributed by atoms with van der Waals surface area (Å²) >= 11 is 0. The minimum atomic E-state index is -0.189. The molecule has 100 valence electrons. The molecule has 0 fully saturated rings. The molecule has 0 radical (unpaired) electrons. The number of nitrogens with two attached hydrogens (primary N) is 1. The first kappa shape index (κ1) is 13.2. The van der Waals surface area contributed by atoms with Gasteiger partial charge in [0.05, 0.1) is 13.2 Å². The van der Waals surface area contributed by atoms with Gasteiger partial charge in [-0.2, -0.15) is 0 Å². The highest BCUT2D eigenvalue weighted by molar-refractivity contribution is 5.43. The zero-order chi connectivity index (χ0) is 13.0. The summed E-state index contributed by atoms with van der Waals surface area (Å²) in [6.45, 7) is 7.03. The van der Waals surface area contributed by atoms with Gasteiger partial charge in [-0.3, -0.25) is 0 Å². The van der Waals surface area contributed by atoms with E-state index in [1.165, 1.54) is 5.56 Å². The Balaban J connectivity index is 1.96. The van der Waals surface area contributed by atoms with E-state index in [1.807, 2.05) is 26.0 Å². The van der Waals surface area contributed by atoms with Gasteiger partial charge in [0.15, 0.2) is 11.5 Å². The molecule has 0 spiro atoms. The Bertz CT molecular complexity index is 399. The minimum Gasteiger partial charge on any atom is -0.490 e. The lowest BCUT2D eigenvalue weighted by atomic mass is 10.1. The summed E-state index contributed by atoms with van der Waals surface area (Å²) in [6.07, 6.45) is 0.934. The number of benzene rings is 1. The van der Waals surface area contributed by atoms with E-state index in [2.05, 4.69) is 11.4 Å². The van der Waals surface area contributed by atoms with Crippen LogP contribution in [0, 0.1) is 0 Å². The second-order valence-corrected chi connectivity index (χ2v) is 5.42. The van der Waals surface area contributed by atoms with Crippen molar-refractivity contribution in [2.45, 2.75) is 32.4 Å². The van der Waals surface area contributed by atoms with E-state index in [4.69, 9.17) is 15.2 Å². The molecule has 0 aromatic heterocycles. The zero-order valence-corrected chi connectivity index (χ0v) is 11.2. The van der Waals surface area contributed by atoms with Crippen LogP contribution in [-0.2, 0) is 6.54 Å². The smallest absolute Gasteiger partial charge is 0.161 e. The molecule has 0 bridgehead atoms. The highest BCUT2D eigenvalue weighted by Gasteiger charge is 2.12. The van der Waals surface area contributed by atoms with Crippen LogP contribution in [0.2, 0.25) is 0 Å². The van der Waals surface area contributed by atoms with Crippen molar-refractivity contribution in [3.63, 3.8) is 0 Å². The molecule has 0 unspecified atom stereocenters. The minimum absolute atomic E-state index is 0.189. The highest BCUT2D eigenvalue weighted by Crippen LogP contribution is 2.30. The third kappa shape index (κ3) is 3.89. The van der Waals surface area contributed by atoms with Gasteiger partial charge in [0.2, 0.25) is 0 Å². The highest BCUT2D eigenvalue weighted by atomic mass is 16.5. The Morgan fingerprint density at radius 2 is 1.94 bits per heavy atom. The summed E-state index contributed by atoms with van der Waals surface area (Å²) in [7, 11) is 0. The van der Waals surface area contributed by atoms with Gasteiger partial charge in [0, 0.05) is 25.0 Å². The summed E-state index contributed by atoms with van der Waals surface area (Å²) in [5.74, 6) is 1.69. The third-order valence-electron chi connectivity index (χ3n) is 2.72. The Labute approximate surface area is 108 Å². The molecule has 4 heteroatoms. The van der Waals surface area contributed by atoms with Crippen LogP contribution in [-0.4, -0.2) is 25.3 Å². The molecule has 18 heavy (non-hydrogen) atoms. The molecule has 1 heterocycles. The summed E-state index contributed by atoms with van der Waals surface area (Å²) < 4.78 is 11.3. The topological polar surface area (TPSA) is 56.5 Å². The lowest BCUT2D eigenvalue weighted by molar-refractivity contribution is 0.297. The first-order valence-corrected chi connectivity index (χ1v) is 6.43. The van der Waals surface area contributed by atoms with E-state index in [-0.39, 0.29) is 5.54 Å². The molecule has 0 saturated carbocycles. The van der Waals surface area contributed by atoms with Crippen molar-refractivity contribution in [2.75, 3.05) is 19.8 Å². The normalized spacial score (nSPS) is 15.3. The third-order valence-corrected chi connectivity index (χ3v) is 2.72. The lowest BCUT2D eigenvalue weighted by Crippen LogP contribution is -2.42. The number of hydrogen-bond acceptors (Lipinski definition) is 4. The van der Waals surface area contributed by atoms with Gasteiger partial charge < -0.3 is 20.5 Å². The Morgan fingerprint density at radius 1 is 1.22 bits per heavy atom. The zero-order valence-electron chi connectivity index (χ0n) is 11.2. The van der Waals surface area contributed by atoms with E-state index >= 15 is 0 Å². The second-order valence-electron chi connectivity index (χ2n) is 5.42. The SMILES string of the molecule is CC(C)(N)CNCc1ccc2c(c1)OCCCO2. The monoisotopic (exact) mass is 250 g/mol. The maximum absolute atomic E-state index is 5.92. The van der Waals surface area contributed by atoms with Crippen LogP contribution in [0.1, 0.15) is 25.8 Å². The van der Waals surface area contributed by atoms with Gasteiger partial charge in [-0.05, 0) is 31.5 Å². The Kier molecular flexibility index (Phi) is 4.09. The average Bonchev–Trinajstić information content (AvgIpc) is 2.51. The van der Waals surface area contributed by atoms with Crippen molar-refractivity contribution >= 4 is 0 Å². The second kappa shape index (κ2) is 5.59. The molecule has 0 aliphatic carbocycles. The number of ether oxygens (including phenoxy) is 2. The van der Waals surface area contributed by atoms with Crippen LogP contribution in [0.15, 0.2) is 18.2 Å². The van der Waals surface area contributed by atoms with Gasteiger partial charge in [-0.15, -0.1) is 0 Å². The quantitative estimate of drug-likeness (QED) is 0.853. The maximum Gasteiger partial charge on any atom is 0.161 e. The Hall–Kier alpha value is -1.26. The van der Waals surface area contributed by atoms with Gasteiger partial charge in [-0.1, -0.05) is 6.07 Å². The van der Waals surface area contributed by atoms with Crippen LogP contribution >= 0.6 is 0 Å². The average molecular weight is 250 g/mol. The fourth-order valence-electron chi connectivity index (χ4n) is 1.85. The van der Waals surface area contributed by atoms with Crippen LogP contribution in [0.25, 0.3) is 0 Å². The predicted molar refractivity (Wildman–Crippen MR) is 72.0 cm³/mol. The molecule has 4 nitrogen and oxygen atoms in total. The first-order valence-electron chi connectivity index (χ1n) is 6.43. The van der Waals surface area contributed by atoms with Crippen LogP contribution in [0.5, 0.6) is 11.5 Å². The first-order chi connectivity index (χ1) is 8.54. The fraction of sp³-hybridized carbons (Fsp3) is 0.571. The Morgan fingerprint density at radius 3 is 2.67 bits per heavy atom. The lowest BCUT2D eigenvalue weighted by Gasteiger charge is -2.19. The van der Waals surface area contributed by atoms with Crippen molar-refractivity contribution in [2.24, 2.45) is 5.73 Å². The number of nitrogens with one attached hydrogen (secondary N) is 1. The van der Waals surface area contributed by atoms with E-state index in [0.717, 1.165) is 44.2 Å². The molecule has 2 rings (SSSR count). The van der Waals surface area contributed by atoms with E-state index in [0.29, 0.717) is 0 Å². The van der Waals surface area contributed by atoms with Crippen molar-refractivity contribution in [1.29, 1.82) is 0 Å². The van der Waals surface area contributed by atoms with E-state index < -0.39 is 0 Å². The van der Waals surface area contributed by atoms with Crippen molar-refractivity contribution < 1.29 is 9.47 Å². The maximum atomic E-state index is 5.92. The van der Waals surface area contributed by atoms with E-state index in [1.54, 1.807) is 0 Å². The molecule has 0 amide bonds. The number of fused-ring (bicyclic) bond motifs is 1. The molecular weight excluding hydrogens is 228 g/mol. The number of rotatable bonds is 4. The molecule has 1 aliphatic rings.